The predicted octanol–water partition coefficient (Wildman–Crippen LogP) is 6.31. The van der Waals surface area contributed by atoms with Crippen molar-refractivity contribution in [1.29, 1.82) is 0 Å². The van der Waals surface area contributed by atoms with Gasteiger partial charge in [0.05, 0.1) is 21.8 Å². The van der Waals surface area contributed by atoms with E-state index in [0.29, 0.717) is 23.5 Å². The highest BCUT2D eigenvalue weighted by molar-refractivity contribution is 8.15. The van der Waals surface area contributed by atoms with Crippen LogP contribution in [-0.2, 0) is 28.5 Å². The second-order valence-corrected chi connectivity index (χ2v) is 12.1. The number of carbonyl (C=O) groups is 6. The zero-order valence-corrected chi connectivity index (χ0v) is 26.0. The van der Waals surface area contributed by atoms with Gasteiger partial charge in [0.2, 0.25) is 13.6 Å². The number of benzene rings is 3. The Morgan fingerprint density at radius 3 is 1.62 bits per heavy atom. The molecule has 0 aliphatic rings. The van der Waals surface area contributed by atoms with Crippen molar-refractivity contribution >= 4 is 57.8 Å². The number of carbonyl (C=O) groups excluding carboxylic acids is 6. The van der Waals surface area contributed by atoms with Crippen LogP contribution >= 0.6 is 23.5 Å². The lowest BCUT2D eigenvalue weighted by atomic mass is 9.97. The molecule has 3 rings (SSSR count). The Kier molecular flexibility index (Phi) is 13.7. The molecule has 0 bridgehead atoms. The number of esters is 3. The number of ether oxygens (including phenoxy) is 5. The van der Waals surface area contributed by atoms with Crippen molar-refractivity contribution in [1.82, 2.24) is 0 Å². The average molecular weight is 655 g/mol. The molecule has 0 saturated carbocycles. The van der Waals surface area contributed by atoms with Crippen LogP contribution < -0.4 is 4.74 Å². The molecule has 0 saturated heterocycles. The number of para-hydroxylation sites is 1. The van der Waals surface area contributed by atoms with Gasteiger partial charge in [0.1, 0.15) is 11.5 Å². The van der Waals surface area contributed by atoms with E-state index in [1.807, 2.05) is 0 Å². The summed E-state index contributed by atoms with van der Waals surface area (Å²) in [6, 6.07) is 24.4. The average Bonchev–Trinajstić information content (AvgIpc) is 3.03. The van der Waals surface area contributed by atoms with Gasteiger partial charge in [-0.15, -0.1) is 0 Å². The van der Waals surface area contributed by atoms with Gasteiger partial charge in [0, 0.05) is 12.2 Å². The van der Waals surface area contributed by atoms with E-state index in [9.17, 15) is 28.8 Å². The SMILES string of the molecule is CC(C)(SC(=O)OCOC(=O)c1ccccc1)C(=O)C[C@@H](CSC(=O)OCOC(=O)c1ccccc1)C(=O)Oc1ccccc1. The number of hydrogen-bond donors (Lipinski definition) is 0. The summed E-state index contributed by atoms with van der Waals surface area (Å²) in [5.41, 5.74) is 0.557. The van der Waals surface area contributed by atoms with Crippen molar-refractivity contribution in [2.24, 2.45) is 5.92 Å². The standard InChI is InChI=1S/C32H30O11S2/c1-32(2,45-31(38)42-21-40-28(35)23-14-8-4-9-15-23)26(33)18-24(29(36)43-25-16-10-5-11-17-25)19-44-30(37)41-20-39-27(34)22-12-6-3-7-13-22/h3-17,24H,18-21H2,1-2H3/t24-/m0/s1. The fourth-order valence-electron chi connectivity index (χ4n) is 3.45. The molecule has 0 aliphatic heterocycles. The number of rotatable bonds is 14. The van der Waals surface area contributed by atoms with Crippen LogP contribution in [0.2, 0.25) is 0 Å². The van der Waals surface area contributed by atoms with Gasteiger partial charge >= 0.3 is 28.5 Å². The third-order valence-corrected chi connectivity index (χ3v) is 7.84. The number of ketones is 1. The molecule has 1 atom stereocenters. The topological polar surface area (TPSA) is 149 Å². The van der Waals surface area contributed by atoms with Crippen LogP contribution in [0.25, 0.3) is 0 Å². The van der Waals surface area contributed by atoms with Crippen molar-refractivity contribution in [2.75, 3.05) is 19.3 Å². The molecule has 0 N–H and O–H groups in total. The Morgan fingerprint density at radius 1 is 0.644 bits per heavy atom. The molecule has 236 valence electrons. The van der Waals surface area contributed by atoms with E-state index < -0.39 is 58.5 Å². The van der Waals surface area contributed by atoms with Crippen LogP contribution in [0.5, 0.6) is 5.75 Å². The van der Waals surface area contributed by atoms with E-state index in [4.69, 9.17) is 23.7 Å². The third kappa shape index (κ3) is 12.1. The molecule has 3 aromatic rings. The van der Waals surface area contributed by atoms with Crippen LogP contribution in [-0.4, -0.2) is 58.4 Å². The third-order valence-electron chi connectivity index (χ3n) is 5.89. The van der Waals surface area contributed by atoms with E-state index in [1.54, 1.807) is 91.0 Å². The van der Waals surface area contributed by atoms with Gasteiger partial charge in [-0.2, -0.15) is 0 Å². The van der Waals surface area contributed by atoms with Crippen LogP contribution in [0.1, 0.15) is 41.0 Å². The van der Waals surface area contributed by atoms with Gasteiger partial charge in [-0.25, -0.2) is 19.2 Å². The van der Waals surface area contributed by atoms with Gasteiger partial charge in [0.25, 0.3) is 0 Å². The highest BCUT2D eigenvalue weighted by Gasteiger charge is 2.36. The Bertz CT molecular complexity index is 1460. The Hall–Kier alpha value is -4.62. The quantitative estimate of drug-likeness (QED) is 0.109. The number of Topliss-reactive ketones (excluding diaryl/α,β-unsaturated/α-hetero) is 1. The molecule has 0 spiro atoms. The highest BCUT2D eigenvalue weighted by atomic mass is 32.2. The maximum absolute atomic E-state index is 13.3. The lowest BCUT2D eigenvalue weighted by Crippen LogP contribution is -2.35. The summed E-state index contributed by atoms with van der Waals surface area (Å²) in [6.45, 7) is 1.64. The Morgan fingerprint density at radius 2 is 1.11 bits per heavy atom. The first-order valence-corrected chi connectivity index (χ1v) is 15.2. The largest absolute Gasteiger partial charge is 0.426 e. The second kappa shape index (κ2) is 17.6. The summed E-state index contributed by atoms with van der Waals surface area (Å²) in [6.07, 6.45) is -0.384. The predicted molar refractivity (Wildman–Crippen MR) is 166 cm³/mol. The number of thioether (sulfide) groups is 2. The van der Waals surface area contributed by atoms with E-state index in [1.165, 1.54) is 13.8 Å². The minimum Gasteiger partial charge on any atom is -0.426 e. The van der Waals surface area contributed by atoms with E-state index in [-0.39, 0.29) is 29.1 Å². The first-order valence-electron chi connectivity index (χ1n) is 13.4. The lowest BCUT2D eigenvalue weighted by molar-refractivity contribution is -0.140. The van der Waals surface area contributed by atoms with Crippen molar-refractivity contribution in [3.8, 4) is 5.75 Å². The first-order chi connectivity index (χ1) is 21.5. The fraction of sp³-hybridized carbons (Fsp3) is 0.250. The maximum Gasteiger partial charge on any atom is 0.371 e. The smallest absolute Gasteiger partial charge is 0.371 e. The van der Waals surface area contributed by atoms with Gasteiger partial charge in [-0.05, 0) is 73.8 Å². The summed E-state index contributed by atoms with van der Waals surface area (Å²) in [5, 5.41) is -1.72. The summed E-state index contributed by atoms with van der Waals surface area (Å²) in [4.78, 5) is 75.1. The molecule has 0 radical (unpaired) electrons. The molecule has 0 unspecified atom stereocenters. The zero-order valence-electron chi connectivity index (χ0n) is 24.4. The van der Waals surface area contributed by atoms with Gasteiger partial charge in [-0.3, -0.25) is 9.59 Å². The van der Waals surface area contributed by atoms with Crippen molar-refractivity contribution in [3.63, 3.8) is 0 Å². The zero-order chi connectivity index (χ0) is 32.7. The Balaban J connectivity index is 1.53. The summed E-state index contributed by atoms with van der Waals surface area (Å²) in [5.74, 6) is -3.73. The van der Waals surface area contributed by atoms with Crippen LogP contribution in [0.3, 0.4) is 0 Å². The van der Waals surface area contributed by atoms with E-state index in [2.05, 4.69) is 0 Å². The van der Waals surface area contributed by atoms with Gasteiger partial charge in [0.15, 0.2) is 0 Å². The van der Waals surface area contributed by atoms with Crippen molar-refractivity contribution in [2.45, 2.75) is 25.0 Å². The molecule has 0 fully saturated rings. The number of hydrogen-bond acceptors (Lipinski definition) is 13. The second-order valence-electron chi connectivity index (χ2n) is 9.60. The molecule has 45 heavy (non-hydrogen) atoms. The molecule has 0 amide bonds. The fourth-order valence-corrected chi connectivity index (χ4v) is 4.89. The van der Waals surface area contributed by atoms with Gasteiger partial charge in [-0.1, -0.05) is 54.6 Å². The van der Waals surface area contributed by atoms with E-state index in [0.717, 1.165) is 0 Å². The van der Waals surface area contributed by atoms with Crippen LogP contribution in [0.15, 0.2) is 91.0 Å². The van der Waals surface area contributed by atoms with Crippen molar-refractivity contribution < 1.29 is 52.5 Å². The molecule has 3 aromatic carbocycles. The first kappa shape index (κ1) is 34.9. The summed E-state index contributed by atoms with van der Waals surface area (Å²) >= 11 is 1.15. The summed E-state index contributed by atoms with van der Waals surface area (Å²) in [7, 11) is 0. The molecule has 11 nitrogen and oxygen atoms in total. The monoisotopic (exact) mass is 654 g/mol. The molecule has 0 heterocycles. The van der Waals surface area contributed by atoms with E-state index >= 15 is 0 Å². The molecule has 0 aromatic heterocycles. The Labute approximate surface area is 267 Å². The normalized spacial score (nSPS) is 11.4. The van der Waals surface area contributed by atoms with Gasteiger partial charge < -0.3 is 23.7 Å². The van der Waals surface area contributed by atoms with Crippen LogP contribution in [0.4, 0.5) is 9.59 Å². The molecular weight excluding hydrogens is 624 g/mol. The molecule has 0 aliphatic carbocycles. The molecular formula is C32H30O11S2. The minimum atomic E-state index is -1.36. The maximum atomic E-state index is 13.3. The van der Waals surface area contributed by atoms with Crippen LogP contribution in [0, 0.1) is 5.92 Å². The molecule has 13 heteroatoms. The highest BCUT2D eigenvalue weighted by Crippen LogP contribution is 2.31. The van der Waals surface area contributed by atoms with Crippen molar-refractivity contribution in [3.05, 3.63) is 102 Å². The minimum absolute atomic E-state index is 0.205. The summed E-state index contributed by atoms with van der Waals surface area (Å²) < 4.78 is 23.8. The lowest BCUT2D eigenvalue weighted by Gasteiger charge is -2.23.